The number of rotatable bonds is 4. The molecule has 1 N–H and O–H groups in total. The normalized spacial score (nSPS) is 13.5. The first kappa shape index (κ1) is 12.2. The van der Waals surface area contributed by atoms with Gasteiger partial charge in [0.15, 0.2) is 5.16 Å². The lowest BCUT2D eigenvalue weighted by Crippen LogP contribution is -2.01. The second-order valence-corrected chi connectivity index (χ2v) is 5.41. The molecule has 98 valence electrons. The molecule has 0 spiro atoms. The van der Waals surface area contributed by atoms with E-state index < -0.39 is 5.97 Å². The van der Waals surface area contributed by atoms with E-state index in [0.29, 0.717) is 5.16 Å². The van der Waals surface area contributed by atoms with Gasteiger partial charge in [-0.1, -0.05) is 17.8 Å². The van der Waals surface area contributed by atoms with E-state index in [-0.39, 0.29) is 5.75 Å². The minimum atomic E-state index is -0.853. The molecule has 5 nitrogen and oxygen atoms in total. The summed E-state index contributed by atoms with van der Waals surface area (Å²) in [4.78, 5) is 10.6. The molecular weight excluding hydrogens is 262 g/mol. The lowest BCUT2D eigenvalue weighted by atomic mass is 10.1. The molecule has 2 aromatic rings. The molecule has 19 heavy (non-hydrogen) atoms. The molecular formula is C13H13N3O2S. The number of thioether (sulfide) groups is 1. The van der Waals surface area contributed by atoms with Gasteiger partial charge >= 0.3 is 5.97 Å². The number of carbonyl (C=O) groups is 1. The van der Waals surface area contributed by atoms with E-state index in [0.717, 1.165) is 18.5 Å². The van der Waals surface area contributed by atoms with Crippen LogP contribution < -0.4 is 0 Å². The minimum Gasteiger partial charge on any atom is -0.481 e. The van der Waals surface area contributed by atoms with Gasteiger partial charge in [-0.3, -0.25) is 9.36 Å². The quantitative estimate of drug-likeness (QED) is 0.864. The molecule has 0 saturated heterocycles. The van der Waals surface area contributed by atoms with Crippen molar-refractivity contribution < 1.29 is 9.90 Å². The van der Waals surface area contributed by atoms with Crippen LogP contribution in [0, 0.1) is 0 Å². The maximum atomic E-state index is 10.6. The third-order valence-corrected chi connectivity index (χ3v) is 4.13. The number of fused-ring (bicyclic) bond motifs is 1. The standard InChI is InChI=1S/C13H13N3O2S/c17-12(18)7-19-13-15-14-8-16(13)11-5-4-9-2-1-3-10(9)6-11/h4-6,8H,1-3,7H2,(H,17,18). The van der Waals surface area contributed by atoms with Crippen molar-refractivity contribution in [1.29, 1.82) is 0 Å². The van der Waals surface area contributed by atoms with Gasteiger partial charge < -0.3 is 5.11 Å². The van der Waals surface area contributed by atoms with Crippen LogP contribution in [0.3, 0.4) is 0 Å². The van der Waals surface area contributed by atoms with Gasteiger partial charge in [0, 0.05) is 5.69 Å². The Morgan fingerprint density at radius 2 is 2.21 bits per heavy atom. The predicted molar refractivity (Wildman–Crippen MR) is 71.7 cm³/mol. The van der Waals surface area contributed by atoms with Gasteiger partial charge in [0.05, 0.1) is 5.75 Å². The fourth-order valence-corrected chi connectivity index (χ4v) is 2.98. The maximum absolute atomic E-state index is 10.6. The molecule has 1 heterocycles. The largest absolute Gasteiger partial charge is 0.481 e. The smallest absolute Gasteiger partial charge is 0.313 e. The SMILES string of the molecule is O=C(O)CSc1nncn1-c1ccc2c(c1)CCC2. The van der Waals surface area contributed by atoms with Crippen LogP contribution in [0.15, 0.2) is 29.7 Å². The number of hydrogen-bond acceptors (Lipinski definition) is 4. The topological polar surface area (TPSA) is 68.0 Å². The Kier molecular flexibility index (Phi) is 3.25. The predicted octanol–water partition coefficient (Wildman–Crippen LogP) is 1.93. The summed E-state index contributed by atoms with van der Waals surface area (Å²) in [5.74, 6) is -0.864. The fourth-order valence-electron chi connectivity index (χ4n) is 2.33. The molecule has 0 fully saturated rings. The van der Waals surface area contributed by atoms with Crippen molar-refractivity contribution in [2.24, 2.45) is 0 Å². The summed E-state index contributed by atoms with van der Waals surface area (Å²) in [6, 6.07) is 6.33. The molecule has 0 unspecified atom stereocenters. The van der Waals surface area contributed by atoms with Crippen molar-refractivity contribution in [3.8, 4) is 5.69 Å². The summed E-state index contributed by atoms with van der Waals surface area (Å²) in [6.07, 6.45) is 5.10. The molecule has 0 bridgehead atoms. The number of carboxylic acids is 1. The van der Waals surface area contributed by atoms with Gasteiger partial charge in [0.2, 0.25) is 0 Å². The van der Waals surface area contributed by atoms with E-state index in [9.17, 15) is 4.79 Å². The van der Waals surface area contributed by atoms with E-state index >= 15 is 0 Å². The van der Waals surface area contributed by atoms with Crippen molar-refractivity contribution in [3.63, 3.8) is 0 Å². The molecule has 1 aliphatic rings. The zero-order valence-corrected chi connectivity index (χ0v) is 11.1. The van der Waals surface area contributed by atoms with E-state index in [1.807, 2.05) is 10.6 Å². The zero-order chi connectivity index (χ0) is 13.2. The highest BCUT2D eigenvalue weighted by Crippen LogP contribution is 2.26. The van der Waals surface area contributed by atoms with Crippen LogP contribution in [-0.4, -0.2) is 31.6 Å². The number of benzene rings is 1. The first-order valence-electron chi connectivity index (χ1n) is 6.11. The number of aliphatic carboxylic acids is 1. The number of aromatic nitrogens is 3. The molecule has 0 radical (unpaired) electrons. The molecule has 0 atom stereocenters. The average molecular weight is 275 g/mol. The van der Waals surface area contributed by atoms with E-state index in [1.165, 1.54) is 29.3 Å². The lowest BCUT2D eigenvalue weighted by Gasteiger charge is -2.07. The molecule has 0 saturated carbocycles. The van der Waals surface area contributed by atoms with Crippen LogP contribution in [0.5, 0.6) is 0 Å². The summed E-state index contributed by atoms with van der Waals surface area (Å²) < 4.78 is 1.84. The van der Waals surface area contributed by atoms with Gasteiger partial charge in [0.25, 0.3) is 0 Å². The Bertz CT molecular complexity index is 624. The Morgan fingerprint density at radius 1 is 1.37 bits per heavy atom. The summed E-state index contributed by atoms with van der Waals surface area (Å²) in [5, 5.41) is 17.2. The Labute approximate surface area is 114 Å². The van der Waals surface area contributed by atoms with Gasteiger partial charge in [0.1, 0.15) is 6.33 Å². The average Bonchev–Trinajstić information content (AvgIpc) is 3.04. The van der Waals surface area contributed by atoms with Gasteiger partial charge in [-0.05, 0) is 42.5 Å². The third-order valence-electron chi connectivity index (χ3n) is 3.20. The van der Waals surface area contributed by atoms with Crippen LogP contribution in [0.1, 0.15) is 17.5 Å². The van der Waals surface area contributed by atoms with Crippen molar-refractivity contribution in [2.75, 3.05) is 5.75 Å². The molecule has 1 aliphatic carbocycles. The van der Waals surface area contributed by atoms with E-state index in [1.54, 1.807) is 6.33 Å². The molecule has 1 aromatic heterocycles. The fraction of sp³-hybridized carbons (Fsp3) is 0.308. The van der Waals surface area contributed by atoms with Crippen LogP contribution >= 0.6 is 11.8 Å². The maximum Gasteiger partial charge on any atom is 0.313 e. The Morgan fingerprint density at radius 3 is 3.05 bits per heavy atom. The second-order valence-electron chi connectivity index (χ2n) is 4.47. The van der Waals surface area contributed by atoms with E-state index in [4.69, 9.17) is 5.11 Å². The van der Waals surface area contributed by atoms with Crippen molar-refractivity contribution in [1.82, 2.24) is 14.8 Å². The summed E-state index contributed by atoms with van der Waals surface area (Å²) in [6.45, 7) is 0. The number of nitrogens with zero attached hydrogens (tertiary/aromatic N) is 3. The first-order valence-corrected chi connectivity index (χ1v) is 7.09. The first-order chi connectivity index (χ1) is 9.24. The highest BCUT2D eigenvalue weighted by Gasteiger charge is 2.14. The highest BCUT2D eigenvalue weighted by atomic mass is 32.2. The van der Waals surface area contributed by atoms with Crippen LogP contribution in [0.25, 0.3) is 5.69 Å². The monoisotopic (exact) mass is 275 g/mol. The number of hydrogen-bond donors (Lipinski definition) is 1. The number of carboxylic acid groups (broad SMARTS) is 1. The van der Waals surface area contributed by atoms with Crippen LogP contribution in [0.4, 0.5) is 0 Å². The van der Waals surface area contributed by atoms with Gasteiger partial charge in [-0.25, -0.2) is 0 Å². The second kappa shape index (κ2) is 5.05. The molecule has 3 rings (SSSR count). The Balaban J connectivity index is 1.90. The van der Waals surface area contributed by atoms with Crippen molar-refractivity contribution >= 4 is 17.7 Å². The molecule has 0 amide bonds. The molecule has 1 aromatic carbocycles. The zero-order valence-electron chi connectivity index (χ0n) is 10.2. The molecule has 6 heteroatoms. The summed E-state index contributed by atoms with van der Waals surface area (Å²) in [5.41, 5.74) is 3.79. The van der Waals surface area contributed by atoms with Gasteiger partial charge in [-0.15, -0.1) is 10.2 Å². The van der Waals surface area contributed by atoms with Crippen molar-refractivity contribution in [2.45, 2.75) is 24.4 Å². The third kappa shape index (κ3) is 2.49. The summed E-state index contributed by atoms with van der Waals surface area (Å²) in [7, 11) is 0. The highest BCUT2D eigenvalue weighted by molar-refractivity contribution is 7.99. The summed E-state index contributed by atoms with van der Waals surface area (Å²) >= 11 is 1.18. The number of aryl methyl sites for hydroxylation is 2. The van der Waals surface area contributed by atoms with Crippen LogP contribution in [-0.2, 0) is 17.6 Å². The van der Waals surface area contributed by atoms with Crippen LogP contribution in [0.2, 0.25) is 0 Å². The van der Waals surface area contributed by atoms with Crippen molar-refractivity contribution in [3.05, 3.63) is 35.7 Å². The minimum absolute atomic E-state index is 0.0103. The Hall–Kier alpha value is -1.82. The van der Waals surface area contributed by atoms with Gasteiger partial charge in [-0.2, -0.15) is 0 Å². The lowest BCUT2D eigenvalue weighted by molar-refractivity contribution is -0.133. The van der Waals surface area contributed by atoms with E-state index in [2.05, 4.69) is 22.3 Å². The molecule has 0 aliphatic heterocycles.